The molecular formula is C18H22N2. The molecule has 0 saturated carbocycles. The Kier molecular flexibility index (Phi) is 4.34. The Balaban J connectivity index is 1.45. The van der Waals surface area contributed by atoms with Gasteiger partial charge in [0, 0.05) is 31.4 Å². The number of hydrogen-bond donors (Lipinski definition) is 1. The molecule has 0 spiro atoms. The van der Waals surface area contributed by atoms with Gasteiger partial charge < -0.3 is 10.2 Å². The number of rotatable bonds is 5. The van der Waals surface area contributed by atoms with Gasteiger partial charge in [-0.1, -0.05) is 48.5 Å². The highest BCUT2D eigenvalue weighted by molar-refractivity contribution is 5.43. The molecule has 20 heavy (non-hydrogen) atoms. The van der Waals surface area contributed by atoms with Crippen LogP contribution in [-0.4, -0.2) is 30.6 Å². The predicted molar refractivity (Wildman–Crippen MR) is 85.1 cm³/mol. The van der Waals surface area contributed by atoms with Crippen molar-refractivity contribution < 1.29 is 0 Å². The molecule has 1 saturated heterocycles. The summed E-state index contributed by atoms with van der Waals surface area (Å²) in [4.78, 5) is 2.56. The Morgan fingerprint density at radius 3 is 2.40 bits per heavy atom. The van der Waals surface area contributed by atoms with E-state index in [1.807, 2.05) is 0 Å². The number of anilines is 1. The van der Waals surface area contributed by atoms with Crippen molar-refractivity contribution in [2.75, 3.05) is 25.0 Å². The highest BCUT2D eigenvalue weighted by Gasteiger charge is 2.21. The quantitative estimate of drug-likeness (QED) is 0.892. The Morgan fingerprint density at radius 2 is 1.65 bits per heavy atom. The lowest BCUT2D eigenvalue weighted by Gasteiger charge is -2.17. The fourth-order valence-corrected chi connectivity index (χ4v) is 2.86. The first-order valence-electron chi connectivity index (χ1n) is 7.48. The van der Waals surface area contributed by atoms with Crippen molar-refractivity contribution in [3.63, 3.8) is 0 Å². The van der Waals surface area contributed by atoms with Gasteiger partial charge in [-0.15, -0.1) is 0 Å². The summed E-state index contributed by atoms with van der Waals surface area (Å²) in [5, 5.41) is 3.63. The third-order valence-corrected chi connectivity index (χ3v) is 3.98. The van der Waals surface area contributed by atoms with Gasteiger partial charge in [0.2, 0.25) is 0 Å². The summed E-state index contributed by atoms with van der Waals surface area (Å²) in [6, 6.07) is 21.9. The van der Waals surface area contributed by atoms with Gasteiger partial charge in [-0.05, 0) is 30.5 Å². The summed E-state index contributed by atoms with van der Waals surface area (Å²) in [6.45, 7) is 3.52. The number of para-hydroxylation sites is 1. The van der Waals surface area contributed by atoms with E-state index in [1.165, 1.54) is 24.2 Å². The third-order valence-electron chi connectivity index (χ3n) is 3.98. The van der Waals surface area contributed by atoms with Gasteiger partial charge in [0.15, 0.2) is 0 Å². The molecule has 0 aromatic heterocycles. The van der Waals surface area contributed by atoms with E-state index in [1.54, 1.807) is 0 Å². The van der Waals surface area contributed by atoms with Gasteiger partial charge in [0.1, 0.15) is 0 Å². The van der Waals surface area contributed by atoms with Crippen LogP contribution in [0.25, 0.3) is 0 Å². The highest BCUT2D eigenvalue weighted by atomic mass is 15.2. The Morgan fingerprint density at radius 1 is 0.950 bits per heavy atom. The van der Waals surface area contributed by atoms with Crippen LogP contribution in [0.2, 0.25) is 0 Å². The highest BCUT2D eigenvalue weighted by Crippen LogP contribution is 2.16. The number of nitrogens with zero attached hydrogens (tertiary/aromatic N) is 1. The van der Waals surface area contributed by atoms with Crippen LogP contribution < -0.4 is 5.32 Å². The number of likely N-dealkylation sites (tertiary alicyclic amines) is 1. The van der Waals surface area contributed by atoms with E-state index >= 15 is 0 Å². The van der Waals surface area contributed by atoms with E-state index < -0.39 is 0 Å². The second-order valence-electron chi connectivity index (χ2n) is 5.53. The number of benzene rings is 2. The molecule has 1 atom stereocenters. The fourth-order valence-electron chi connectivity index (χ4n) is 2.86. The fraction of sp³-hybridized carbons (Fsp3) is 0.333. The molecule has 0 radical (unpaired) electrons. The summed E-state index contributed by atoms with van der Waals surface area (Å²) >= 11 is 0. The van der Waals surface area contributed by atoms with E-state index in [-0.39, 0.29) is 0 Å². The van der Waals surface area contributed by atoms with Crippen molar-refractivity contribution in [1.82, 2.24) is 4.90 Å². The lowest BCUT2D eigenvalue weighted by molar-refractivity contribution is 0.341. The largest absolute Gasteiger partial charge is 0.381 e. The first kappa shape index (κ1) is 13.2. The Hall–Kier alpha value is -1.80. The van der Waals surface area contributed by atoms with E-state index in [9.17, 15) is 0 Å². The van der Waals surface area contributed by atoms with Gasteiger partial charge in [0.25, 0.3) is 0 Å². The number of hydrogen-bond acceptors (Lipinski definition) is 2. The van der Waals surface area contributed by atoms with Gasteiger partial charge in [-0.25, -0.2) is 0 Å². The van der Waals surface area contributed by atoms with Crippen molar-refractivity contribution in [3.8, 4) is 0 Å². The molecule has 1 N–H and O–H groups in total. The molecule has 0 amide bonds. The average molecular weight is 266 g/mol. The van der Waals surface area contributed by atoms with E-state index in [0.717, 1.165) is 19.5 Å². The summed E-state index contributed by atoms with van der Waals surface area (Å²) < 4.78 is 0. The summed E-state index contributed by atoms with van der Waals surface area (Å²) in [7, 11) is 0. The minimum atomic E-state index is 0.591. The molecule has 3 rings (SSSR count). The molecule has 2 heteroatoms. The lowest BCUT2D eigenvalue weighted by Crippen LogP contribution is -2.27. The van der Waals surface area contributed by atoms with Crippen LogP contribution >= 0.6 is 0 Å². The molecule has 1 unspecified atom stereocenters. The minimum absolute atomic E-state index is 0.591. The minimum Gasteiger partial charge on any atom is -0.381 e. The smallest absolute Gasteiger partial charge is 0.0400 e. The monoisotopic (exact) mass is 266 g/mol. The second kappa shape index (κ2) is 6.58. The van der Waals surface area contributed by atoms with E-state index in [4.69, 9.17) is 0 Å². The summed E-state index contributed by atoms with van der Waals surface area (Å²) in [5.74, 6) is 0. The van der Waals surface area contributed by atoms with Crippen molar-refractivity contribution in [3.05, 3.63) is 66.2 Å². The van der Waals surface area contributed by atoms with Gasteiger partial charge >= 0.3 is 0 Å². The normalized spacial score (nSPS) is 19.1. The molecule has 0 aliphatic carbocycles. The zero-order valence-corrected chi connectivity index (χ0v) is 11.8. The van der Waals surface area contributed by atoms with Gasteiger partial charge in [-0.3, -0.25) is 0 Å². The molecule has 1 fully saturated rings. The molecular weight excluding hydrogens is 244 g/mol. The summed E-state index contributed by atoms with van der Waals surface area (Å²) in [6.07, 6.45) is 2.39. The van der Waals surface area contributed by atoms with Crippen LogP contribution in [0.4, 0.5) is 5.69 Å². The van der Waals surface area contributed by atoms with Crippen molar-refractivity contribution in [2.24, 2.45) is 0 Å². The molecule has 2 aromatic carbocycles. The SMILES string of the molecule is c1ccc(CCN2CCC(Nc3ccccc3)C2)cc1. The maximum Gasteiger partial charge on any atom is 0.0400 e. The Labute approximate surface area is 121 Å². The first-order valence-corrected chi connectivity index (χ1v) is 7.48. The molecule has 1 heterocycles. The lowest BCUT2D eigenvalue weighted by atomic mass is 10.1. The third kappa shape index (κ3) is 3.61. The molecule has 0 bridgehead atoms. The van der Waals surface area contributed by atoms with Crippen molar-refractivity contribution >= 4 is 5.69 Å². The standard InChI is InChI=1S/C18H22N2/c1-3-7-16(8-4-1)11-13-20-14-12-18(15-20)19-17-9-5-2-6-10-17/h1-10,18-19H,11-15H2. The maximum atomic E-state index is 3.63. The zero-order valence-electron chi connectivity index (χ0n) is 11.8. The van der Waals surface area contributed by atoms with Gasteiger partial charge in [-0.2, -0.15) is 0 Å². The molecule has 104 valence electrons. The van der Waals surface area contributed by atoms with Gasteiger partial charge in [0.05, 0.1) is 0 Å². The van der Waals surface area contributed by atoms with Crippen LogP contribution in [0.3, 0.4) is 0 Å². The molecule has 2 nitrogen and oxygen atoms in total. The zero-order chi connectivity index (χ0) is 13.6. The van der Waals surface area contributed by atoms with E-state index in [0.29, 0.717) is 6.04 Å². The van der Waals surface area contributed by atoms with Crippen LogP contribution in [0.5, 0.6) is 0 Å². The first-order chi connectivity index (χ1) is 9.90. The predicted octanol–water partition coefficient (Wildman–Crippen LogP) is 3.42. The molecule has 2 aromatic rings. The summed E-state index contributed by atoms with van der Waals surface area (Å²) in [5.41, 5.74) is 2.68. The second-order valence-corrected chi connectivity index (χ2v) is 5.53. The molecule has 1 aliphatic rings. The topological polar surface area (TPSA) is 15.3 Å². The van der Waals surface area contributed by atoms with Crippen LogP contribution in [0.1, 0.15) is 12.0 Å². The van der Waals surface area contributed by atoms with Crippen LogP contribution in [-0.2, 0) is 6.42 Å². The number of nitrogens with one attached hydrogen (secondary N) is 1. The Bertz CT molecular complexity index is 509. The van der Waals surface area contributed by atoms with Crippen LogP contribution in [0, 0.1) is 0 Å². The van der Waals surface area contributed by atoms with E-state index in [2.05, 4.69) is 70.9 Å². The maximum absolute atomic E-state index is 3.63. The van der Waals surface area contributed by atoms with Crippen LogP contribution in [0.15, 0.2) is 60.7 Å². The average Bonchev–Trinajstić information content (AvgIpc) is 2.95. The molecule has 1 aliphatic heterocycles. The van der Waals surface area contributed by atoms with Crippen molar-refractivity contribution in [1.29, 1.82) is 0 Å². The van der Waals surface area contributed by atoms with Crippen molar-refractivity contribution in [2.45, 2.75) is 18.9 Å².